The Labute approximate surface area is 102 Å². The molecule has 17 heavy (non-hydrogen) atoms. The zero-order chi connectivity index (χ0) is 12.1. The minimum absolute atomic E-state index is 0.00120. The van der Waals surface area contributed by atoms with Gasteiger partial charge in [-0.25, -0.2) is 8.42 Å². The summed E-state index contributed by atoms with van der Waals surface area (Å²) in [5.74, 6) is 1.16. The van der Waals surface area contributed by atoms with Gasteiger partial charge in [0.15, 0.2) is 9.84 Å². The molecule has 1 spiro atoms. The minimum Gasteiger partial charge on any atom is -0.371 e. The van der Waals surface area contributed by atoms with Gasteiger partial charge in [-0.3, -0.25) is 4.90 Å². The van der Waals surface area contributed by atoms with Crippen LogP contribution in [0.3, 0.4) is 0 Å². The highest BCUT2D eigenvalue weighted by Gasteiger charge is 2.57. The first-order chi connectivity index (χ1) is 8.02. The van der Waals surface area contributed by atoms with Gasteiger partial charge in [-0.1, -0.05) is 6.92 Å². The highest BCUT2D eigenvalue weighted by Crippen LogP contribution is 2.41. The minimum atomic E-state index is -2.84. The fourth-order valence-corrected chi connectivity index (χ4v) is 4.61. The van der Waals surface area contributed by atoms with Gasteiger partial charge in [-0.05, 0) is 6.42 Å². The Bertz CT molecular complexity index is 407. The third kappa shape index (κ3) is 1.91. The molecule has 1 N–H and O–H groups in total. The number of sulfone groups is 1. The largest absolute Gasteiger partial charge is 0.371 e. The molecule has 5 nitrogen and oxygen atoms in total. The first-order valence-electron chi connectivity index (χ1n) is 6.32. The van der Waals surface area contributed by atoms with Crippen LogP contribution in [0.15, 0.2) is 0 Å². The van der Waals surface area contributed by atoms with Crippen LogP contribution in [-0.2, 0) is 14.6 Å². The normalized spacial score (nSPS) is 45.2. The van der Waals surface area contributed by atoms with Crippen molar-refractivity contribution in [2.75, 3.05) is 37.9 Å². The molecule has 0 aromatic carbocycles. The van der Waals surface area contributed by atoms with E-state index in [1.54, 1.807) is 0 Å². The summed E-state index contributed by atoms with van der Waals surface area (Å²) in [5.41, 5.74) is 0.00120. The molecular weight excluding hydrogens is 240 g/mol. The summed E-state index contributed by atoms with van der Waals surface area (Å²) in [5, 5.41) is 3.38. The fourth-order valence-electron chi connectivity index (χ4n) is 3.12. The van der Waals surface area contributed by atoms with Gasteiger partial charge >= 0.3 is 0 Å². The molecule has 0 aromatic heterocycles. The molecule has 0 aliphatic carbocycles. The Morgan fingerprint density at radius 3 is 2.82 bits per heavy atom. The van der Waals surface area contributed by atoms with Crippen LogP contribution in [0, 0.1) is 5.92 Å². The van der Waals surface area contributed by atoms with Gasteiger partial charge in [-0.2, -0.15) is 0 Å². The summed E-state index contributed by atoms with van der Waals surface area (Å²) in [6.07, 6.45) is 0.762. The molecule has 6 heteroatoms. The van der Waals surface area contributed by atoms with Crippen LogP contribution in [0.25, 0.3) is 0 Å². The van der Waals surface area contributed by atoms with Gasteiger partial charge in [0.1, 0.15) is 11.5 Å². The molecule has 3 heterocycles. The lowest BCUT2D eigenvalue weighted by Gasteiger charge is -2.60. The molecule has 3 rings (SSSR count). The fraction of sp³-hybridized carbons (Fsp3) is 1.00. The molecule has 3 atom stereocenters. The molecule has 0 bridgehead atoms. The number of hydrogen-bond donors (Lipinski definition) is 1. The van der Waals surface area contributed by atoms with E-state index >= 15 is 0 Å². The third-order valence-corrected chi connectivity index (χ3v) is 6.07. The molecule has 3 aliphatic heterocycles. The highest BCUT2D eigenvalue weighted by molar-refractivity contribution is 7.91. The van der Waals surface area contributed by atoms with Crippen molar-refractivity contribution in [3.8, 4) is 0 Å². The van der Waals surface area contributed by atoms with Crippen molar-refractivity contribution >= 4 is 9.84 Å². The number of ether oxygens (including phenoxy) is 1. The van der Waals surface area contributed by atoms with Crippen molar-refractivity contribution < 1.29 is 13.2 Å². The van der Waals surface area contributed by atoms with Gasteiger partial charge < -0.3 is 10.1 Å². The average Bonchev–Trinajstić information content (AvgIpc) is 2.21. The Morgan fingerprint density at radius 2 is 2.35 bits per heavy atom. The zero-order valence-corrected chi connectivity index (χ0v) is 11.0. The Kier molecular flexibility index (Phi) is 2.74. The van der Waals surface area contributed by atoms with Crippen LogP contribution in [0.1, 0.15) is 13.3 Å². The van der Waals surface area contributed by atoms with Crippen LogP contribution < -0.4 is 5.32 Å². The van der Waals surface area contributed by atoms with Crippen molar-refractivity contribution in [3.63, 3.8) is 0 Å². The molecule has 98 valence electrons. The van der Waals surface area contributed by atoms with E-state index in [0.29, 0.717) is 17.7 Å². The summed E-state index contributed by atoms with van der Waals surface area (Å²) < 4.78 is 28.9. The lowest BCUT2D eigenvalue weighted by molar-refractivity contribution is -0.249. The molecular formula is C11H20N2O3S. The van der Waals surface area contributed by atoms with Crippen molar-refractivity contribution in [2.24, 2.45) is 5.92 Å². The summed E-state index contributed by atoms with van der Waals surface area (Å²) in [6, 6.07) is 0.305. The van der Waals surface area contributed by atoms with Crippen LogP contribution in [0.4, 0.5) is 0 Å². The quantitative estimate of drug-likeness (QED) is 0.721. The maximum absolute atomic E-state index is 11.6. The first-order valence-corrected chi connectivity index (χ1v) is 8.14. The predicted molar refractivity (Wildman–Crippen MR) is 64.5 cm³/mol. The van der Waals surface area contributed by atoms with E-state index in [1.807, 2.05) is 4.90 Å². The van der Waals surface area contributed by atoms with Gasteiger partial charge in [0.2, 0.25) is 0 Å². The molecule has 0 aromatic rings. The topological polar surface area (TPSA) is 58.6 Å². The standard InChI is InChI=1S/C11H20N2O3S/c1-9-6-16-11(9)7-12-10(11)5-13-3-2-4-17(14,15)8-13/h9-10,12H,2-8H2,1H3/t9-,10?,11?/m1/s1. The van der Waals surface area contributed by atoms with E-state index in [2.05, 4.69) is 12.2 Å². The second kappa shape index (κ2) is 3.91. The maximum atomic E-state index is 11.6. The molecule has 0 radical (unpaired) electrons. The van der Waals surface area contributed by atoms with Crippen LogP contribution >= 0.6 is 0 Å². The van der Waals surface area contributed by atoms with E-state index in [1.165, 1.54) is 0 Å². The van der Waals surface area contributed by atoms with E-state index in [9.17, 15) is 8.42 Å². The van der Waals surface area contributed by atoms with Gasteiger partial charge in [0.05, 0.1) is 18.4 Å². The molecule has 3 fully saturated rings. The molecule has 0 amide bonds. The number of hydrogen-bond acceptors (Lipinski definition) is 5. The van der Waals surface area contributed by atoms with Crippen LogP contribution in [-0.4, -0.2) is 62.8 Å². The third-order valence-electron chi connectivity index (χ3n) is 4.40. The monoisotopic (exact) mass is 260 g/mol. The smallest absolute Gasteiger partial charge is 0.163 e. The van der Waals surface area contributed by atoms with Crippen molar-refractivity contribution in [2.45, 2.75) is 25.0 Å². The van der Waals surface area contributed by atoms with Gasteiger partial charge in [-0.15, -0.1) is 0 Å². The summed E-state index contributed by atoms with van der Waals surface area (Å²) >= 11 is 0. The summed E-state index contributed by atoms with van der Waals surface area (Å²) in [6.45, 7) is 5.66. The van der Waals surface area contributed by atoms with Crippen molar-refractivity contribution in [1.82, 2.24) is 10.2 Å². The van der Waals surface area contributed by atoms with E-state index in [4.69, 9.17) is 4.74 Å². The summed E-state index contributed by atoms with van der Waals surface area (Å²) in [4.78, 5) is 2.05. The van der Waals surface area contributed by atoms with Crippen molar-refractivity contribution in [3.05, 3.63) is 0 Å². The molecule has 3 saturated heterocycles. The van der Waals surface area contributed by atoms with Crippen molar-refractivity contribution in [1.29, 1.82) is 0 Å². The number of nitrogens with one attached hydrogen (secondary N) is 1. The lowest BCUT2D eigenvalue weighted by Crippen LogP contribution is -2.79. The van der Waals surface area contributed by atoms with Crippen LogP contribution in [0.2, 0.25) is 0 Å². The SMILES string of the molecule is C[C@@H]1COC12CNC2CN1CCCS(=O)(=O)C1. The number of rotatable bonds is 2. The van der Waals surface area contributed by atoms with Gasteiger partial charge in [0.25, 0.3) is 0 Å². The summed E-state index contributed by atoms with van der Waals surface area (Å²) in [7, 11) is -2.84. The second-order valence-electron chi connectivity index (χ2n) is 5.61. The Hall–Kier alpha value is -0.170. The van der Waals surface area contributed by atoms with E-state index in [-0.39, 0.29) is 11.5 Å². The van der Waals surface area contributed by atoms with Gasteiger partial charge in [0, 0.05) is 25.6 Å². The predicted octanol–water partition coefficient (Wildman–Crippen LogP) is -0.559. The average molecular weight is 260 g/mol. The molecule has 0 saturated carbocycles. The van der Waals surface area contributed by atoms with Crippen LogP contribution in [0.5, 0.6) is 0 Å². The number of nitrogens with zero attached hydrogens (tertiary/aromatic N) is 1. The Morgan fingerprint density at radius 1 is 1.53 bits per heavy atom. The molecule has 2 unspecified atom stereocenters. The van der Waals surface area contributed by atoms with E-state index in [0.717, 1.165) is 32.7 Å². The zero-order valence-electron chi connectivity index (χ0n) is 10.2. The Balaban J connectivity index is 1.61. The first kappa shape index (κ1) is 11.9. The second-order valence-corrected chi connectivity index (χ2v) is 7.76. The highest BCUT2D eigenvalue weighted by atomic mass is 32.2. The van der Waals surface area contributed by atoms with E-state index < -0.39 is 9.84 Å². The maximum Gasteiger partial charge on any atom is 0.163 e. The molecule has 3 aliphatic rings. The lowest BCUT2D eigenvalue weighted by atomic mass is 9.72.